The maximum Gasteiger partial charge on any atom is 0.379 e. The van der Waals surface area contributed by atoms with Crippen LogP contribution in [-0.4, -0.2) is 11.8 Å². The van der Waals surface area contributed by atoms with Gasteiger partial charge in [-0.3, -0.25) is 4.79 Å². The van der Waals surface area contributed by atoms with Gasteiger partial charge in [0.05, 0.1) is 0 Å². The summed E-state index contributed by atoms with van der Waals surface area (Å²) in [6.45, 7) is 1.75. The largest absolute Gasteiger partial charge is 0.449 e. The molecule has 0 fully saturated rings. The van der Waals surface area contributed by atoms with Gasteiger partial charge in [0.2, 0.25) is 5.76 Å². The highest BCUT2D eigenvalue weighted by Gasteiger charge is 2.20. The van der Waals surface area contributed by atoms with Crippen LogP contribution >= 0.6 is 11.6 Å². The molecule has 0 bridgehead atoms. The number of aryl methyl sites for hydroxylation is 1. The molecular weight excluding hydrogens is 395 g/mol. The Morgan fingerprint density at radius 3 is 2.21 bits per heavy atom. The van der Waals surface area contributed by atoms with Crippen molar-refractivity contribution in [1.29, 1.82) is 0 Å². The van der Waals surface area contributed by atoms with Crippen LogP contribution in [0.1, 0.15) is 32.0 Å². The molecule has 0 spiro atoms. The van der Waals surface area contributed by atoms with Gasteiger partial charge in [0.25, 0.3) is 0 Å². The topological polar surface area (TPSA) is 56.5 Å². The fourth-order valence-corrected chi connectivity index (χ4v) is 3.16. The molecule has 0 atom stereocenters. The van der Waals surface area contributed by atoms with E-state index in [9.17, 15) is 14.0 Å². The Hall–Kier alpha value is -3.44. The second kappa shape index (κ2) is 7.53. The molecule has 4 aromatic rings. The summed E-state index contributed by atoms with van der Waals surface area (Å²) >= 11 is 6.00. The van der Waals surface area contributed by atoms with Crippen molar-refractivity contribution < 1.29 is 23.1 Å². The third-order valence-electron chi connectivity index (χ3n) is 4.52. The summed E-state index contributed by atoms with van der Waals surface area (Å²) in [4.78, 5) is 24.9. The monoisotopic (exact) mass is 408 g/mol. The van der Waals surface area contributed by atoms with Crippen LogP contribution in [0.2, 0.25) is 5.02 Å². The third-order valence-corrected chi connectivity index (χ3v) is 4.75. The molecule has 6 heteroatoms. The summed E-state index contributed by atoms with van der Waals surface area (Å²) < 4.78 is 24.0. The first kappa shape index (κ1) is 18.9. The Balaban J connectivity index is 1.53. The van der Waals surface area contributed by atoms with Crippen LogP contribution in [0.4, 0.5) is 4.39 Å². The third kappa shape index (κ3) is 3.77. The van der Waals surface area contributed by atoms with E-state index in [2.05, 4.69) is 0 Å². The number of benzene rings is 3. The lowest BCUT2D eigenvalue weighted by Gasteiger charge is -2.05. The molecule has 0 aliphatic carbocycles. The number of hydrogen-bond donors (Lipinski definition) is 0. The number of ether oxygens (including phenoxy) is 1. The first-order chi connectivity index (χ1) is 13.9. The van der Waals surface area contributed by atoms with Crippen LogP contribution in [0, 0.1) is 12.7 Å². The molecule has 0 aliphatic rings. The zero-order valence-corrected chi connectivity index (χ0v) is 16.0. The number of halogens is 2. The van der Waals surface area contributed by atoms with Crippen LogP contribution in [0.5, 0.6) is 5.75 Å². The molecular formula is C23H14ClFO4. The number of hydrogen-bond acceptors (Lipinski definition) is 4. The van der Waals surface area contributed by atoms with Crippen molar-refractivity contribution in [3.8, 4) is 5.75 Å². The highest BCUT2D eigenvalue weighted by atomic mass is 35.5. The number of carbonyl (C=O) groups is 2. The predicted octanol–water partition coefficient (Wildman–Crippen LogP) is 5.98. The van der Waals surface area contributed by atoms with Crippen LogP contribution in [0.3, 0.4) is 0 Å². The Morgan fingerprint density at radius 2 is 1.55 bits per heavy atom. The van der Waals surface area contributed by atoms with Gasteiger partial charge in [-0.05, 0) is 73.7 Å². The highest BCUT2D eigenvalue weighted by Crippen LogP contribution is 2.29. The average Bonchev–Trinajstić information content (AvgIpc) is 3.05. The van der Waals surface area contributed by atoms with Crippen molar-refractivity contribution in [2.45, 2.75) is 6.92 Å². The molecule has 144 valence electrons. The Morgan fingerprint density at radius 1 is 0.931 bits per heavy atom. The van der Waals surface area contributed by atoms with Crippen molar-refractivity contribution in [2.24, 2.45) is 0 Å². The van der Waals surface area contributed by atoms with Crippen LogP contribution in [0.15, 0.2) is 71.1 Å². The minimum atomic E-state index is -0.646. The molecule has 0 radical (unpaired) electrons. The van der Waals surface area contributed by atoms with Crippen molar-refractivity contribution in [1.82, 2.24) is 0 Å². The van der Waals surface area contributed by atoms with E-state index in [1.165, 1.54) is 36.4 Å². The minimum Gasteiger partial charge on any atom is -0.449 e. The average molecular weight is 409 g/mol. The molecule has 1 aromatic heterocycles. The van der Waals surface area contributed by atoms with Crippen LogP contribution < -0.4 is 4.74 Å². The van der Waals surface area contributed by atoms with Crippen LogP contribution in [-0.2, 0) is 0 Å². The summed E-state index contributed by atoms with van der Waals surface area (Å²) in [6, 6.07) is 16.5. The predicted molar refractivity (Wildman–Crippen MR) is 107 cm³/mol. The number of esters is 1. The van der Waals surface area contributed by atoms with E-state index in [1.54, 1.807) is 37.3 Å². The van der Waals surface area contributed by atoms with Crippen molar-refractivity contribution >= 4 is 34.3 Å². The molecule has 0 amide bonds. The van der Waals surface area contributed by atoms with Crippen molar-refractivity contribution in [2.75, 3.05) is 0 Å². The molecule has 3 aromatic carbocycles. The van der Waals surface area contributed by atoms with Gasteiger partial charge in [0.15, 0.2) is 5.78 Å². The summed E-state index contributed by atoms with van der Waals surface area (Å²) in [5.41, 5.74) is 1.94. The zero-order valence-electron chi connectivity index (χ0n) is 15.2. The second-order valence-corrected chi connectivity index (χ2v) is 6.88. The van der Waals surface area contributed by atoms with Gasteiger partial charge < -0.3 is 9.15 Å². The Labute approximate surface area is 170 Å². The number of furan rings is 1. The van der Waals surface area contributed by atoms with E-state index in [1.807, 2.05) is 0 Å². The molecule has 29 heavy (non-hydrogen) atoms. The number of ketones is 1. The molecule has 4 nitrogen and oxygen atoms in total. The van der Waals surface area contributed by atoms with E-state index >= 15 is 0 Å². The molecule has 0 unspecified atom stereocenters. The van der Waals surface area contributed by atoms with E-state index in [-0.39, 0.29) is 17.3 Å². The minimum absolute atomic E-state index is 0.0914. The maximum atomic E-state index is 13.0. The molecule has 0 saturated carbocycles. The lowest BCUT2D eigenvalue weighted by atomic mass is 10.0. The molecule has 1 heterocycles. The SMILES string of the molecule is Cc1c(C(=O)Oc2ccc(C(=O)c3ccc(F)cc3)cc2)oc2ccc(Cl)cc12. The summed E-state index contributed by atoms with van der Waals surface area (Å²) in [7, 11) is 0. The fraction of sp³-hybridized carbons (Fsp3) is 0.0435. The summed E-state index contributed by atoms with van der Waals surface area (Å²) in [5, 5.41) is 1.28. The number of rotatable bonds is 4. The summed E-state index contributed by atoms with van der Waals surface area (Å²) in [5.74, 6) is -0.954. The lowest BCUT2D eigenvalue weighted by Crippen LogP contribution is -2.09. The highest BCUT2D eigenvalue weighted by molar-refractivity contribution is 6.31. The molecule has 0 saturated heterocycles. The Bertz CT molecular complexity index is 1220. The number of carbonyl (C=O) groups excluding carboxylic acids is 2. The molecule has 0 aliphatic heterocycles. The normalized spacial score (nSPS) is 10.9. The van der Waals surface area contributed by atoms with Crippen molar-refractivity contribution in [3.05, 3.63) is 100 Å². The summed E-state index contributed by atoms with van der Waals surface area (Å²) in [6.07, 6.45) is 0. The van der Waals surface area contributed by atoms with Gasteiger partial charge >= 0.3 is 5.97 Å². The van der Waals surface area contributed by atoms with E-state index < -0.39 is 11.8 Å². The first-order valence-corrected chi connectivity index (χ1v) is 9.11. The van der Waals surface area contributed by atoms with E-state index in [4.69, 9.17) is 20.8 Å². The van der Waals surface area contributed by atoms with Crippen molar-refractivity contribution in [3.63, 3.8) is 0 Å². The maximum absolute atomic E-state index is 13.0. The lowest BCUT2D eigenvalue weighted by molar-refractivity contribution is 0.0703. The van der Waals surface area contributed by atoms with Gasteiger partial charge in [-0.25, -0.2) is 9.18 Å². The van der Waals surface area contributed by atoms with E-state index in [0.29, 0.717) is 27.3 Å². The van der Waals surface area contributed by atoms with Crippen LogP contribution in [0.25, 0.3) is 11.0 Å². The standard InChI is InChI=1S/C23H14ClFO4/c1-13-19-12-16(24)6-11-20(19)29-22(13)23(27)28-18-9-4-15(5-10-18)21(26)14-2-7-17(25)8-3-14/h2-12H,1H3. The van der Waals surface area contributed by atoms with E-state index in [0.717, 1.165) is 5.39 Å². The van der Waals surface area contributed by atoms with Gasteiger partial charge in [-0.15, -0.1) is 0 Å². The van der Waals surface area contributed by atoms with Gasteiger partial charge in [0, 0.05) is 27.1 Å². The fourth-order valence-electron chi connectivity index (χ4n) is 2.98. The molecule has 0 N–H and O–H groups in total. The zero-order chi connectivity index (χ0) is 20.5. The van der Waals surface area contributed by atoms with Gasteiger partial charge in [0.1, 0.15) is 17.1 Å². The molecule has 4 rings (SSSR count). The van der Waals surface area contributed by atoms with Gasteiger partial charge in [-0.1, -0.05) is 11.6 Å². The van der Waals surface area contributed by atoms with Gasteiger partial charge in [-0.2, -0.15) is 0 Å². The smallest absolute Gasteiger partial charge is 0.379 e. The quantitative estimate of drug-likeness (QED) is 0.236. The Kier molecular flexibility index (Phi) is 4.91. The second-order valence-electron chi connectivity index (χ2n) is 6.45. The number of fused-ring (bicyclic) bond motifs is 1. The first-order valence-electron chi connectivity index (χ1n) is 8.73.